The maximum atomic E-state index is 9.43. The lowest BCUT2D eigenvalue weighted by molar-refractivity contribution is 0.409. The molecule has 2 rings (SSSR count). The average Bonchev–Trinajstić information content (AvgIpc) is 2.77. The van der Waals surface area contributed by atoms with Gasteiger partial charge in [-0.15, -0.1) is 0 Å². The van der Waals surface area contributed by atoms with Gasteiger partial charge in [-0.2, -0.15) is 5.26 Å². The first-order valence-corrected chi connectivity index (χ1v) is 5.68. The molecule has 2 aromatic rings. The molecule has 18 heavy (non-hydrogen) atoms. The zero-order chi connectivity index (χ0) is 13.1. The van der Waals surface area contributed by atoms with Crippen LogP contribution < -0.4 is 4.74 Å². The number of rotatable bonds is 3. The van der Waals surface area contributed by atoms with E-state index in [1.165, 1.54) is 0 Å². The molecule has 0 aliphatic heterocycles. The predicted octanol–water partition coefficient (Wildman–Crippen LogP) is 2.39. The average molecular weight is 241 g/mol. The van der Waals surface area contributed by atoms with Gasteiger partial charge >= 0.3 is 0 Å². The van der Waals surface area contributed by atoms with Crippen molar-refractivity contribution in [1.29, 1.82) is 5.26 Å². The van der Waals surface area contributed by atoms with E-state index in [2.05, 4.69) is 11.1 Å². The predicted molar refractivity (Wildman–Crippen MR) is 68.4 cm³/mol. The van der Waals surface area contributed by atoms with E-state index in [-0.39, 0.29) is 0 Å². The van der Waals surface area contributed by atoms with Gasteiger partial charge in [-0.3, -0.25) is 0 Å². The molecule has 1 heterocycles. The zero-order valence-corrected chi connectivity index (χ0v) is 10.7. The van der Waals surface area contributed by atoms with Gasteiger partial charge in [0, 0.05) is 25.0 Å². The molecule has 0 fully saturated rings. The van der Waals surface area contributed by atoms with Crippen LogP contribution in [0.1, 0.15) is 22.9 Å². The van der Waals surface area contributed by atoms with E-state index in [0.717, 1.165) is 22.7 Å². The fourth-order valence-corrected chi connectivity index (χ4v) is 2.00. The first-order chi connectivity index (χ1) is 8.67. The Morgan fingerprint density at radius 1 is 1.44 bits per heavy atom. The first kappa shape index (κ1) is 12.2. The van der Waals surface area contributed by atoms with Gasteiger partial charge in [0.15, 0.2) is 0 Å². The van der Waals surface area contributed by atoms with Gasteiger partial charge in [-0.25, -0.2) is 4.98 Å². The molecule has 4 heteroatoms. The highest BCUT2D eigenvalue weighted by molar-refractivity contribution is 5.45. The standard InChI is InChI=1S/C14H15N3O/c1-10-4-5-13(18-3)11(8-10)12(9-15)14-16-6-7-17(14)2/h4-8,12H,1-3H3. The number of hydrogen-bond acceptors (Lipinski definition) is 3. The minimum Gasteiger partial charge on any atom is -0.496 e. The van der Waals surface area contributed by atoms with Crippen LogP contribution in [0, 0.1) is 18.3 Å². The highest BCUT2D eigenvalue weighted by Crippen LogP contribution is 2.31. The summed E-state index contributed by atoms with van der Waals surface area (Å²) in [5.41, 5.74) is 1.95. The fourth-order valence-electron chi connectivity index (χ4n) is 2.00. The summed E-state index contributed by atoms with van der Waals surface area (Å²) in [6, 6.07) is 8.13. The molecular weight excluding hydrogens is 226 g/mol. The van der Waals surface area contributed by atoms with Crippen LogP contribution in [-0.4, -0.2) is 16.7 Å². The summed E-state index contributed by atoms with van der Waals surface area (Å²) >= 11 is 0. The Balaban J connectivity index is 2.55. The normalized spacial score (nSPS) is 11.9. The van der Waals surface area contributed by atoms with Gasteiger partial charge in [0.1, 0.15) is 17.5 Å². The summed E-state index contributed by atoms with van der Waals surface area (Å²) in [4.78, 5) is 4.25. The summed E-state index contributed by atoms with van der Waals surface area (Å²) < 4.78 is 7.19. The second-order valence-electron chi connectivity index (χ2n) is 4.20. The van der Waals surface area contributed by atoms with Crippen molar-refractivity contribution in [2.75, 3.05) is 7.11 Å². The highest BCUT2D eigenvalue weighted by atomic mass is 16.5. The van der Waals surface area contributed by atoms with Crippen LogP contribution in [0.5, 0.6) is 5.75 Å². The summed E-state index contributed by atoms with van der Waals surface area (Å²) in [6.07, 6.45) is 3.53. The molecule has 0 aliphatic rings. The minimum absolute atomic E-state index is 0.417. The van der Waals surface area contributed by atoms with Gasteiger partial charge in [0.2, 0.25) is 0 Å². The van der Waals surface area contributed by atoms with Crippen LogP contribution in [0.2, 0.25) is 0 Å². The number of benzene rings is 1. The molecule has 92 valence electrons. The Morgan fingerprint density at radius 2 is 2.22 bits per heavy atom. The third-order valence-corrected chi connectivity index (χ3v) is 2.94. The quantitative estimate of drug-likeness (QED) is 0.829. The molecule has 0 radical (unpaired) electrons. The molecule has 0 amide bonds. The Labute approximate surface area is 106 Å². The summed E-state index contributed by atoms with van der Waals surface area (Å²) in [7, 11) is 3.50. The zero-order valence-electron chi connectivity index (χ0n) is 10.7. The molecule has 1 aromatic carbocycles. The molecule has 1 unspecified atom stereocenters. The van der Waals surface area contributed by atoms with Crippen LogP contribution in [0.4, 0.5) is 0 Å². The number of methoxy groups -OCH3 is 1. The molecule has 0 spiro atoms. The number of aryl methyl sites for hydroxylation is 2. The van der Waals surface area contributed by atoms with Crippen LogP contribution in [0.3, 0.4) is 0 Å². The van der Waals surface area contributed by atoms with Crippen LogP contribution >= 0.6 is 0 Å². The summed E-state index contributed by atoms with van der Waals surface area (Å²) in [6.45, 7) is 2.00. The Morgan fingerprint density at radius 3 is 2.78 bits per heavy atom. The summed E-state index contributed by atoms with van der Waals surface area (Å²) in [5, 5.41) is 9.43. The Hall–Kier alpha value is -2.28. The van der Waals surface area contributed by atoms with Crippen molar-refractivity contribution in [1.82, 2.24) is 9.55 Å². The second kappa shape index (κ2) is 4.92. The molecular formula is C14H15N3O. The number of ether oxygens (including phenoxy) is 1. The maximum absolute atomic E-state index is 9.43. The Kier molecular flexibility index (Phi) is 3.33. The molecule has 0 aliphatic carbocycles. The van der Waals surface area contributed by atoms with Crippen molar-refractivity contribution in [3.63, 3.8) is 0 Å². The van der Waals surface area contributed by atoms with Crippen LogP contribution in [0.25, 0.3) is 0 Å². The first-order valence-electron chi connectivity index (χ1n) is 5.68. The van der Waals surface area contributed by atoms with Crippen molar-refractivity contribution >= 4 is 0 Å². The van der Waals surface area contributed by atoms with Gasteiger partial charge in [0.05, 0.1) is 13.2 Å². The maximum Gasteiger partial charge on any atom is 0.133 e. The lowest BCUT2D eigenvalue weighted by Crippen LogP contribution is -2.07. The van der Waals surface area contributed by atoms with Gasteiger partial charge in [-0.05, 0) is 13.0 Å². The van der Waals surface area contributed by atoms with E-state index >= 15 is 0 Å². The lowest BCUT2D eigenvalue weighted by atomic mass is 9.97. The van der Waals surface area contributed by atoms with Crippen molar-refractivity contribution in [2.24, 2.45) is 7.05 Å². The molecule has 0 saturated heterocycles. The smallest absolute Gasteiger partial charge is 0.133 e. The van der Waals surface area contributed by atoms with E-state index in [9.17, 15) is 5.26 Å². The molecule has 4 nitrogen and oxygen atoms in total. The molecule has 1 atom stereocenters. The molecule has 1 aromatic heterocycles. The second-order valence-corrected chi connectivity index (χ2v) is 4.20. The number of nitriles is 1. The van der Waals surface area contributed by atoms with Crippen molar-refractivity contribution in [2.45, 2.75) is 12.8 Å². The lowest BCUT2D eigenvalue weighted by Gasteiger charge is -2.14. The van der Waals surface area contributed by atoms with E-state index in [1.54, 1.807) is 13.3 Å². The van der Waals surface area contributed by atoms with Gasteiger partial charge in [0.25, 0.3) is 0 Å². The monoisotopic (exact) mass is 241 g/mol. The SMILES string of the molecule is COc1ccc(C)cc1C(C#N)c1nccn1C. The molecule has 0 saturated carbocycles. The van der Waals surface area contributed by atoms with E-state index in [1.807, 2.05) is 42.9 Å². The highest BCUT2D eigenvalue weighted by Gasteiger charge is 2.21. The largest absolute Gasteiger partial charge is 0.496 e. The van der Waals surface area contributed by atoms with Crippen LogP contribution in [0.15, 0.2) is 30.6 Å². The van der Waals surface area contributed by atoms with Crippen molar-refractivity contribution < 1.29 is 4.74 Å². The van der Waals surface area contributed by atoms with Crippen LogP contribution in [-0.2, 0) is 7.05 Å². The topological polar surface area (TPSA) is 50.8 Å². The number of imidazole rings is 1. The van der Waals surface area contributed by atoms with Gasteiger partial charge < -0.3 is 9.30 Å². The third kappa shape index (κ3) is 2.07. The van der Waals surface area contributed by atoms with Gasteiger partial charge in [-0.1, -0.05) is 17.7 Å². The van der Waals surface area contributed by atoms with E-state index < -0.39 is 5.92 Å². The van der Waals surface area contributed by atoms with Crippen molar-refractivity contribution in [3.8, 4) is 11.8 Å². The van der Waals surface area contributed by atoms with E-state index in [0.29, 0.717) is 0 Å². The number of nitrogens with zero attached hydrogens (tertiary/aromatic N) is 3. The van der Waals surface area contributed by atoms with E-state index in [4.69, 9.17) is 4.74 Å². The number of aromatic nitrogens is 2. The molecule has 0 N–H and O–H groups in total. The molecule has 0 bridgehead atoms. The summed E-state index contributed by atoms with van der Waals surface area (Å²) in [5.74, 6) is 1.02. The Bertz CT molecular complexity index is 595. The minimum atomic E-state index is -0.417. The number of hydrogen-bond donors (Lipinski definition) is 0. The van der Waals surface area contributed by atoms with Crippen molar-refractivity contribution in [3.05, 3.63) is 47.5 Å². The third-order valence-electron chi connectivity index (χ3n) is 2.94. The fraction of sp³-hybridized carbons (Fsp3) is 0.286.